The summed E-state index contributed by atoms with van der Waals surface area (Å²) in [4.78, 5) is 0. The highest BCUT2D eigenvalue weighted by atomic mass is 16.2. The Kier molecular flexibility index (Phi) is 10.4. The minimum absolute atomic E-state index is 0.319. The number of aliphatic hydroxyl groups is 1. The monoisotopic (exact) mass is 215 g/mol. The van der Waals surface area contributed by atoms with Crippen molar-refractivity contribution in [3.05, 3.63) is 0 Å². The van der Waals surface area contributed by atoms with Crippen molar-refractivity contribution in [2.75, 3.05) is 13.7 Å². The van der Waals surface area contributed by atoms with Crippen molar-refractivity contribution in [1.29, 1.82) is 0 Å². The summed E-state index contributed by atoms with van der Waals surface area (Å²) in [6.45, 7) is 4.57. The molecule has 1 saturated carbocycles. The Hall–Kier alpha value is -0.0800. The lowest BCUT2D eigenvalue weighted by atomic mass is 9.92. The molecule has 1 aliphatic rings. The number of hydrogen-bond donors (Lipinski definition) is 2. The van der Waals surface area contributed by atoms with Crippen LogP contribution in [-0.2, 0) is 0 Å². The summed E-state index contributed by atoms with van der Waals surface area (Å²) in [7, 11) is 2.11. The van der Waals surface area contributed by atoms with E-state index in [-0.39, 0.29) is 0 Å². The van der Waals surface area contributed by atoms with Crippen LogP contribution in [0.4, 0.5) is 0 Å². The zero-order valence-corrected chi connectivity index (χ0v) is 10.8. The maximum absolute atomic E-state index is 7.88. The molecule has 0 heterocycles. The quantitative estimate of drug-likeness (QED) is 0.709. The first kappa shape index (κ1) is 14.9. The molecule has 92 valence electrons. The van der Waals surface area contributed by atoms with Crippen LogP contribution in [0.15, 0.2) is 0 Å². The Morgan fingerprint density at radius 2 is 1.73 bits per heavy atom. The molecule has 2 N–H and O–H groups in total. The lowest BCUT2D eigenvalue weighted by Crippen LogP contribution is -2.32. The van der Waals surface area contributed by atoms with Gasteiger partial charge in [0.2, 0.25) is 0 Å². The smallest absolute Gasteiger partial charge is 0.0428 e. The van der Waals surface area contributed by atoms with Crippen molar-refractivity contribution in [1.82, 2.24) is 5.32 Å². The van der Waals surface area contributed by atoms with Gasteiger partial charge in [-0.25, -0.2) is 0 Å². The van der Waals surface area contributed by atoms with Gasteiger partial charge < -0.3 is 10.4 Å². The Morgan fingerprint density at radius 3 is 2.20 bits per heavy atom. The van der Waals surface area contributed by atoms with Gasteiger partial charge in [-0.15, -0.1) is 0 Å². The minimum atomic E-state index is 0.319. The molecule has 0 radical (unpaired) electrons. The zero-order valence-electron chi connectivity index (χ0n) is 10.8. The van der Waals surface area contributed by atoms with Gasteiger partial charge in [0.1, 0.15) is 0 Å². The average Bonchev–Trinajstić information content (AvgIpc) is 2.53. The van der Waals surface area contributed by atoms with E-state index in [1.807, 2.05) is 6.92 Å². The minimum Gasteiger partial charge on any atom is -0.396 e. The normalized spacial score (nSPS) is 26.4. The highest BCUT2D eigenvalue weighted by molar-refractivity contribution is 4.76. The SMILES string of the molecule is CCC1CCCCCC1NC.CCCO. The Balaban J connectivity index is 0.000000423. The molecule has 1 rings (SSSR count). The fourth-order valence-electron chi connectivity index (χ4n) is 2.25. The lowest BCUT2D eigenvalue weighted by molar-refractivity contribution is 0.295. The number of nitrogens with one attached hydrogen (secondary N) is 1. The molecular formula is C13H29NO. The Bertz CT molecular complexity index is 114. The van der Waals surface area contributed by atoms with E-state index in [0.29, 0.717) is 6.61 Å². The van der Waals surface area contributed by atoms with E-state index >= 15 is 0 Å². The van der Waals surface area contributed by atoms with Crippen LogP contribution < -0.4 is 5.32 Å². The van der Waals surface area contributed by atoms with Crippen molar-refractivity contribution in [3.63, 3.8) is 0 Å². The number of rotatable bonds is 3. The fourth-order valence-corrected chi connectivity index (χ4v) is 2.25. The van der Waals surface area contributed by atoms with Crippen LogP contribution in [0.1, 0.15) is 58.8 Å². The molecule has 0 aromatic heterocycles. The van der Waals surface area contributed by atoms with Crippen molar-refractivity contribution < 1.29 is 5.11 Å². The third-order valence-electron chi connectivity index (χ3n) is 3.28. The summed E-state index contributed by atoms with van der Waals surface area (Å²) >= 11 is 0. The number of aliphatic hydroxyl groups excluding tert-OH is 1. The second-order valence-corrected chi connectivity index (χ2v) is 4.43. The lowest BCUT2D eigenvalue weighted by Gasteiger charge is -2.22. The zero-order chi connectivity index (χ0) is 11.5. The second-order valence-electron chi connectivity index (χ2n) is 4.43. The van der Waals surface area contributed by atoms with Gasteiger partial charge in [-0.3, -0.25) is 0 Å². The molecular weight excluding hydrogens is 186 g/mol. The highest BCUT2D eigenvalue weighted by Gasteiger charge is 2.19. The van der Waals surface area contributed by atoms with Gasteiger partial charge in [0, 0.05) is 12.6 Å². The topological polar surface area (TPSA) is 32.3 Å². The van der Waals surface area contributed by atoms with Crippen molar-refractivity contribution >= 4 is 0 Å². The third kappa shape index (κ3) is 6.91. The molecule has 2 heteroatoms. The summed E-state index contributed by atoms with van der Waals surface area (Å²) in [5.41, 5.74) is 0. The molecule has 2 unspecified atom stereocenters. The molecule has 1 aliphatic carbocycles. The van der Waals surface area contributed by atoms with E-state index in [0.717, 1.165) is 18.4 Å². The summed E-state index contributed by atoms with van der Waals surface area (Å²) in [6, 6.07) is 0.808. The summed E-state index contributed by atoms with van der Waals surface area (Å²) in [6.07, 6.45) is 9.41. The molecule has 0 amide bonds. The Morgan fingerprint density at radius 1 is 1.13 bits per heavy atom. The third-order valence-corrected chi connectivity index (χ3v) is 3.28. The largest absolute Gasteiger partial charge is 0.396 e. The van der Waals surface area contributed by atoms with Gasteiger partial charge in [0.25, 0.3) is 0 Å². The predicted molar refractivity (Wildman–Crippen MR) is 67.1 cm³/mol. The first-order valence-corrected chi connectivity index (χ1v) is 6.58. The maximum atomic E-state index is 7.88. The van der Waals surface area contributed by atoms with E-state index < -0.39 is 0 Å². The molecule has 0 saturated heterocycles. The van der Waals surface area contributed by atoms with E-state index in [9.17, 15) is 0 Å². The van der Waals surface area contributed by atoms with Gasteiger partial charge in [-0.1, -0.05) is 39.5 Å². The Labute approximate surface area is 95.5 Å². The van der Waals surface area contributed by atoms with Crippen LogP contribution in [0, 0.1) is 5.92 Å². The van der Waals surface area contributed by atoms with Crippen LogP contribution in [0.2, 0.25) is 0 Å². The first-order chi connectivity index (χ1) is 7.29. The summed E-state index contributed by atoms with van der Waals surface area (Å²) in [5.74, 6) is 0.947. The second kappa shape index (κ2) is 10.4. The molecule has 0 aliphatic heterocycles. The van der Waals surface area contributed by atoms with E-state index in [2.05, 4.69) is 19.3 Å². The van der Waals surface area contributed by atoms with Crippen molar-refractivity contribution in [2.24, 2.45) is 5.92 Å². The molecule has 0 bridgehead atoms. The molecule has 15 heavy (non-hydrogen) atoms. The first-order valence-electron chi connectivity index (χ1n) is 6.58. The number of hydrogen-bond acceptors (Lipinski definition) is 2. The van der Waals surface area contributed by atoms with Crippen LogP contribution in [0.25, 0.3) is 0 Å². The molecule has 0 aromatic rings. The summed E-state index contributed by atoms with van der Waals surface area (Å²) in [5, 5.41) is 11.3. The molecule has 1 fully saturated rings. The maximum Gasteiger partial charge on any atom is 0.0428 e. The van der Waals surface area contributed by atoms with Crippen LogP contribution in [-0.4, -0.2) is 24.8 Å². The average molecular weight is 215 g/mol. The summed E-state index contributed by atoms with van der Waals surface area (Å²) < 4.78 is 0. The van der Waals surface area contributed by atoms with Crippen LogP contribution >= 0.6 is 0 Å². The predicted octanol–water partition coefficient (Wildman–Crippen LogP) is 2.95. The van der Waals surface area contributed by atoms with Gasteiger partial charge >= 0.3 is 0 Å². The standard InChI is InChI=1S/C10H21N.C3H8O/c1-3-9-7-5-4-6-8-10(9)11-2;1-2-3-4/h9-11H,3-8H2,1-2H3;4H,2-3H2,1H3. The van der Waals surface area contributed by atoms with Gasteiger partial charge in [-0.2, -0.15) is 0 Å². The molecule has 2 nitrogen and oxygen atoms in total. The van der Waals surface area contributed by atoms with Gasteiger partial charge in [0.15, 0.2) is 0 Å². The van der Waals surface area contributed by atoms with E-state index in [1.165, 1.54) is 38.5 Å². The fraction of sp³-hybridized carbons (Fsp3) is 1.00. The van der Waals surface area contributed by atoms with Gasteiger partial charge in [-0.05, 0) is 32.2 Å². The highest BCUT2D eigenvalue weighted by Crippen LogP contribution is 2.25. The van der Waals surface area contributed by atoms with Crippen LogP contribution in [0.5, 0.6) is 0 Å². The van der Waals surface area contributed by atoms with Crippen molar-refractivity contribution in [3.8, 4) is 0 Å². The van der Waals surface area contributed by atoms with E-state index in [4.69, 9.17) is 5.11 Å². The van der Waals surface area contributed by atoms with Crippen LogP contribution in [0.3, 0.4) is 0 Å². The van der Waals surface area contributed by atoms with Gasteiger partial charge in [0.05, 0.1) is 0 Å². The molecule has 0 aromatic carbocycles. The van der Waals surface area contributed by atoms with E-state index in [1.54, 1.807) is 0 Å². The molecule has 0 spiro atoms. The van der Waals surface area contributed by atoms with Crippen molar-refractivity contribution in [2.45, 2.75) is 64.8 Å². The molecule has 2 atom stereocenters.